The molecule has 0 unspecified atom stereocenters. The normalized spacial score (nSPS) is 14.3. The summed E-state index contributed by atoms with van der Waals surface area (Å²) < 4.78 is 10.7. The molecular weight excluding hydrogens is 306 g/mol. The number of anilines is 1. The summed E-state index contributed by atoms with van der Waals surface area (Å²) in [7, 11) is 1.63. The third-order valence-electron chi connectivity index (χ3n) is 4.04. The van der Waals surface area contributed by atoms with Gasteiger partial charge in [0.1, 0.15) is 5.75 Å². The van der Waals surface area contributed by atoms with Crippen molar-refractivity contribution in [3.63, 3.8) is 0 Å². The Bertz CT molecular complexity index is 699. The number of amides is 1. The summed E-state index contributed by atoms with van der Waals surface area (Å²) in [4.78, 5) is 17.7. The standard InChI is InChI=1S/C18H21N3O3/c1-23-17-5-3-2-4-14(17)13-20-18(22)16-12-15(6-7-19-16)21-8-10-24-11-9-21/h2-7,12H,8-11,13H2,1H3,(H,20,22)/p+1. The quantitative estimate of drug-likeness (QED) is 0.898. The molecule has 1 aliphatic rings. The first-order valence-electron chi connectivity index (χ1n) is 8.02. The van der Waals surface area contributed by atoms with Crippen LogP contribution in [-0.4, -0.2) is 39.3 Å². The first-order valence-corrected chi connectivity index (χ1v) is 8.02. The van der Waals surface area contributed by atoms with Crippen LogP contribution in [0.4, 0.5) is 5.69 Å². The van der Waals surface area contributed by atoms with Crippen molar-refractivity contribution in [1.82, 2.24) is 5.32 Å². The number of nitrogens with one attached hydrogen (secondary N) is 2. The molecule has 1 saturated heterocycles. The van der Waals surface area contributed by atoms with Crippen LogP contribution in [0.5, 0.6) is 5.75 Å². The van der Waals surface area contributed by atoms with Gasteiger partial charge in [-0.2, -0.15) is 0 Å². The zero-order chi connectivity index (χ0) is 16.8. The number of hydrogen-bond donors (Lipinski definition) is 1. The Balaban J connectivity index is 1.66. The molecule has 1 aliphatic heterocycles. The maximum atomic E-state index is 12.4. The molecule has 0 atom stereocenters. The Morgan fingerprint density at radius 1 is 1.29 bits per heavy atom. The first-order chi connectivity index (χ1) is 11.8. The summed E-state index contributed by atoms with van der Waals surface area (Å²) in [6, 6.07) is 11.5. The molecule has 0 spiro atoms. The lowest BCUT2D eigenvalue weighted by molar-refractivity contribution is -0.382. The molecule has 2 N–H and O–H groups in total. The van der Waals surface area contributed by atoms with Gasteiger partial charge in [0.2, 0.25) is 0 Å². The van der Waals surface area contributed by atoms with Gasteiger partial charge in [0.15, 0.2) is 6.20 Å². The van der Waals surface area contributed by atoms with Crippen LogP contribution in [0.1, 0.15) is 16.1 Å². The highest BCUT2D eigenvalue weighted by molar-refractivity contribution is 5.91. The Morgan fingerprint density at radius 3 is 2.88 bits per heavy atom. The second kappa shape index (κ2) is 7.79. The number of carbonyl (C=O) groups excluding carboxylic acids is 1. The largest absolute Gasteiger partial charge is 0.496 e. The number of benzene rings is 1. The zero-order valence-electron chi connectivity index (χ0n) is 13.7. The molecule has 0 saturated carbocycles. The molecule has 0 bridgehead atoms. The van der Waals surface area contributed by atoms with Crippen LogP contribution in [0, 0.1) is 0 Å². The van der Waals surface area contributed by atoms with Crippen molar-refractivity contribution in [1.29, 1.82) is 0 Å². The van der Waals surface area contributed by atoms with Gasteiger partial charge in [0, 0.05) is 43.0 Å². The SMILES string of the molecule is COc1ccccc1CNC(=O)c1cc(N2CCOCC2)cc[nH+]1. The lowest BCUT2D eigenvalue weighted by atomic mass is 10.2. The summed E-state index contributed by atoms with van der Waals surface area (Å²) >= 11 is 0. The van der Waals surface area contributed by atoms with E-state index in [4.69, 9.17) is 9.47 Å². The predicted octanol–water partition coefficient (Wildman–Crippen LogP) is 1.28. The number of rotatable bonds is 5. The molecule has 6 heteroatoms. The molecule has 24 heavy (non-hydrogen) atoms. The van der Waals surface area contributed by atoms with E-state index in [2.05, 4.69) is 15.2 Å². The van der Waals surface area contributed by atoms with Crippen molar-refractivity contribution in [2.24, 2.45) is 0 Å². The number of aromatic nitrogens is 1. The average molecular weight is 328 g/mol. The van der Waals surface area contributed by atoms with Gasteiger partial charge in [0.25, 0.3) is 5.69 Å². The monoisotopic (exact) mass is 328 g/mol. The van der Waals surface area contributed by atoms with Crippen LogP contribution in [-0.2, 0) is 11.3 Å². The molecular formula is C18H22N3O3+. The third-order valence-corrected chi connectivity index (χ3v) is 4.04. The molecule has 126 valence electrons. The molecule has 0 radical (unpaired) electrons. The molecule has 1 fully saturated rings. The van der Waals surface area contributed by atoms with Crippen molar-refractivity contribution in [2.45, 2.75) is 6.54 Å². The summed E-state index contributed by atoms with van der Waals surface area (Å²) in [6.45, 7) is 3.53. The van der Waals surface area contributed by atoms with Crippen molar-refractivity contribution < 1.29 is 19.3 Å². The van der Waals surface area contributed by atoms with Crippen LogP contribution in [0.25, 0.3) is 0 Å². The molecule has 2 aromatic rings. The fourth-order valence-electron chi connectivity index (χ4n) is 2.72. The Morgan fingerprint density at radius 2 is 2.08 bits per heavy atom. The minimum Gasteiger partial charge on any atom is -0.496 e. The van der Waals surface area contributed by atoms with Gasteiger partial charge in [-0.15, -0.1) is 0 Å². The number of methoxy groups -OCH3 is 1. The van der Waals surface area contributed by atoms with Crippen molar-refractivity contribution in [3.8, 4) is 5.75 Å². The van der Waals surface area contributed by atoms with Gasteiger partial charge in [-0.25, -0.2) is 4.98 Å². The second-order valence-corrected chi connectivity index (χ2v) is 5.55. The van der Waals surface area contributed by atoms with Gasteiger partial charge in [-0.05, 0) is 6.07 Å². The van der Waals surface area contributed by atoms with Crippen LogP contribution in [0.3, 0.4) is 0 Å². The molecule has 0 aliphatic carbocycles. The minimum atomic E-state index is -0.143. The van der Waals surface area contributed by atoms with E-state index in [0.29, 0.717) is 25.5 Å². The van der Waals surface area contributed by atoms with E-state index < -0.39 is 0 Å². The van der Waals surface area contributed by atoms with Crippen molar-refractivity contribution >= 4 is 11.6 Å². The Labute approximate surface area is 141 Å². The van der Waals surface area contributed by atoms with E-state index in [9.17, 15) is 4.79 Å². The van der Waals surface area contributed by atoms with E-state index in [0.717, 1.165) is 30.1 Å². The van der Waals surface area contributed by atoms with Crippen molar-refractivity contribution in [3.05, 3.63) is 53.9 Å². The van der Waals surface area contributed by atoms with Gasteiger partial charge >= 0.3 is 5.91 Å². The number of H-pyrrole nitrogens is 1. The average Bonchev–Trinajstić information content (AvgIpc) is 2.67. The number of pyridine rings is 1. The molecule has 3 rings (SSSR count). The summed E-state index contributed by atoms with van der Waals surface area (Å²) in [5.41, 5.74) is 2.51. The Kier molecular flexibility index (Phi) is 5.28. The molecule has 1 aromatic heterocycles. The fraction of sp³-hybridized carbons (Fsp3) is 0.333. The molecule has 6 nitrogen and oxygen atoms in total. The molecule has 2 heterocycles. The lowest BCUT2D eigenvalue weighted by Crippen LogP contribution is -2.37. The molecule has 1 aromatic carbocycles. The first kappa shape index (κ1) is 16.3. The smallest absolute Gasteiger partial charge is 0.316 e. The van der Waals surface area contributed by atoms with Gasteiger partial charge in [-0.1, -0.05) is 18.2 Å². The Hall–Kier alpha value is -2.60. The number of morpholine rings is 1. The van der Waals surface area contributed by atoms with Gasteiger partial charge in [-0.3, -0.25) is 4.79 Å². The minimum absolute atomic E-state index is 0.143. The zero-order valence-corrected chi connectivity index (χ0v) is 13.7. The number of hydrogen-bond acceptors (Lipinski definition) is 4. The van der Waals surface area contributed by atoms with E-state index in [1.165, 1.54) is 0 Å². The third kappa shape index (κ3) is 3.83. The highest BCUT2D eigenvalue weighted by Crippen LogP contribution is 2.17. The van der Waals surface area contributed by atoms with Crippen molar-refractivity contribution in [2.75, 3.05) is 38.3 Å². The van der Waals surface area contributed by atoms with Crippen LogP contribution >= 0.6 is 0 Å². The molecule has 1 amide bonds. The second-order valence-electron chi connectivity index (χ2n) is 5.55. The van der Waals surface area contributed by atoms with E-state index in [1.807, 2.05) is 36.4 Å². The summed E-state index contributed by atoms with van der Waals surface area (Å²) in [5.74, 6) is 0.625. The highest BCUT2D eigenvalue weighted by atomic mass is 16.5. The predicted molar refractivity (Wildman–Crippen MR) is 90.2 cm³/mol. The lowest BCUT2D eigenvalue weighted by Gasteiger charge is -2.28. The van der Waals surface area contributed by atoms with Crippen LogP contribution in [0.15, 0.2) is 42.6 Å². The maximum Gasteiger partial charge on any atom is 0.316 e. The number of ether oxygens (including phenoxy) is 2. The van der Waals surface area contributed by atoms with E-state index >= 15 is 0 Å². The van der Waals surface area contributed by atoms with E-state index in [1.54, 1.807) is 13.3 Å². The van der Waals surface area contributed by atoms with Crippen LogP contribution in [0.2, 0.25) is 0 Å². The number of aromatic amines is 1. The summed E-state index contributed by atoms with van der Waals surface area (Å²) in [6.07, 6.45) is 1.79. The maximum absolute atomic E-state index is 12.4. The number of nitrogens with zero attached hydrogens (tertiary/aromatic N) is 1. The van der Waals surface area contributed by atoms with Crippen LogP contribution < -0.4 is 19.9 Å². The summed E-state index contributed by atoms with van der Waals surface area (Å²) in [5, 5.41) is 2.93. The number of para-hydroxylation sites is 1. The fourth-order valence-corrected chi connectivity index (χ4v) is 2.72. The highest BCUT2D eigenvalue weighted by Gasteiger charge is 2.18. The van der Waals surface area contributed by atoms with Gasteiger partial charge in [0.05, 0.1) is 20.3 Å². The number of carbonyl (C=O) groups is 1. The van der Waals surface area contributed by atoms with Gasteiger partial charge < -0.3 is 19.7 Å². The topological polar surface area (TPSA) is 64.9 Å². The van der Waals surface area contributed by atoms with E-state index in [-0.39, 0.29) is 5.91 Å².